The lowest BCUT2D eigenvalue weighted by molar-refractivity contribution is 0.0703. The highest BCUT2D eigenvalue weighted by atomic mass is 16.5. The number of methoxy groups -OCH3 is 1. The highest BCUT2D eigenvalue weighted by molar-refractivity contribution is 6.00. The molecule has 1 N–H and O–H groups in total. The van der Waals surface area contributed by atoms with Crippen LogP contribution in [0.15, 0.2) is 54.6 Å². The predicted molar refractivity (Wildman–Crippen MR) is 169 cm³/mol. The number of benzene rings is 2. The van der Waals surface area contributed by atoms with Crippen molar-refractivity contribution < 1.29 is 9.53 Å². The Morgan fingerprint density at radius 2 is 1.84 bits per heavy atom. The van der Waals surface area contributed by atoms with E-state index < -0.39 is 0 Å². The molecule has 11 nitrogen and oxygen atoms in total. The number of amides is 1. The van der Waals surface area contributed by atoms with Crippen LogP contribution in [-0.4, -0.2) is 70.2 Å². The van der Waals surface area contributed by atoms with Gasteiger partial charge in [0, 0.05) is 48.3 Å². The van der Waals surface area contributed by atoms with Crippen LogP contribution in [0.5, 0.6) is 5.75 Å². The molecule has 0 spiro atoms. The number of H-pyrrole nitrogens is 1. The van der Waals surface area contributed by atoms with E-state index in [1.807, 2.05) is 43.4 Å². The topological polar surface area (TPSA) is 120 Å². The largest absolute Gasteiger partial charge is 0.494 e. The number of fused-ring (bicyclic) bond motifs is 4. The predicted octanol–water partition coefficient (Wildman–Crippen LogP) is 5.48. The number of imidazole rings is 1. The number of hydrogen-bond donors (Lipinski definition) is 1. The van der Waals surface area contributed by atoms with E-state index in [1.165, 1.54) is 19.3 Å². The van der Waals surface area contributed by atoms with Crippen molar-refractivity contribution >= 4 is 28.0 Å². The van der Waals surface area contributed by atoms with Crippen LogP contribution in [0, 0.1) is 11.8 Å². The molecule has 3 fully saturated rings. The fourth-order valence-electron chi connectivity index (χ4n) is 7.45. The lowest BCUT2D eigenvalue weighted by Crippen LogP contribution is -2.37. The first-order valence-corrected chi connectivity index (χ1v) is 15.7. The first-order valence-electron chi connectivity index (χ1n) is 15.7. The molecule has 3 aliphatic rings. The normalized spacial score (nSPS) is 19.3. The van der Waals surface area contributed by atoms with E-state index in [2.05, 4.69) is 52.9 Å². The molecule has 5 heterocycles. The van der Waals surface area contributed by atoms with Gasteiger partial charge in [0.1, 0.15) is 16.9 Å². The molecule has 45 heavy (non-hydrogen) atoms. The summed E-state index contributed by atoms with van der Waals surface area (Å²) in [5.74, 6) is 3.41. The molecule has 1 amide bonds. The van der Waals surface area contributed by atoms with Crippen LogP contribution in [0.4, 0.5) is 0 Å². The smallest absolute Gasteiger partial charge is 0.254 e. The molecule has 4 aromatic heterocycles. The van der Waals surface area contributed by atoms with E-state index >= 15 is 0 Å². The number of ether oxygens (including phenoxy) is 1. The molecule has 2 aromatic carbocycles. The van der Waals surface area contributed by atoms with Crippen LogP contribution in [0.25, 0.3) is 56.2 Å². The second-order valence-electron chi connectivity index (χ2n) is 12.8. The van der Waals surface area contributed by atoms with Gasteiger partial charge in [-0.1, -0.05) is 24.3 Å². The number of aryl methyl sites for hydroxylation is 1. The van der Waals surface area contributed by atoms with E-state index in [0.717, 1.165) is 76.3 Å². The van der Waals surface area contributed by atoms with Crippen LogP contribution in [-0.2, 0) is 13.6 Å². The van der Waals surface area contributed by atoms with Crippen LogP contribution in [0.3, 0.4) is 0 Å². The molecule has 9 rings (SSSR count). The van der Waals surface area contributed by atoms with Gasteiger partial charge in [0.2, 0.25) is 5.82 Å². The SMILES string of the molecule is COc1cc(C(=O)N2CC3CCC2C3)cc2nc(-c3cc4ccc(-c5ccc(-c6nn[nH]n6)cc5)nc4n3CC3CC3)n(C)c12. The van der Waals surface area contributed by atoms with Crippen LogP contribution in [0.2, 0.25) is 0 Å². The number of carbonyl (C=O) groups is 1. The maximum Gasteiger partial charge on any atom is 0.254 e. The average molecular weight is 600 g/mol. The zero-order valence-corrected chi connectivity index (χ0v) is 25.3. The molecular formula is C34H33N9O2. The number of aromatic nitrogens is 8. The minimum Gasteiger partial charge on any atom is -0.494 e. The van der Waals surface area contributed by atoms with E-state index in [-0.39, 0.29) is 5.91 Å². The zero-order valence-electron chi connectivity index (χ0n) is 25.3. The van der Waals surface area contributed by atoms with Crippen LogP contribution < -0.4 is 4.74 Å². The second kappa shape index (κ2) is 9.98. The van der Waals surface area contributed by atoms with Gasteiger partial charge in [-0.2, -0.15) is 5.21 Å². The summed E-state index contributed by atoms with van der Waals surface area (Å²) in [6, 6.07) is 18.6. The molecule has 2 bridgehead atoms. The van der Waals surface area contributed by atoms with Gasteiger partial charge in [0.05, 0.1) is 24.0 Å². The second-order valence-corrected chi connectivity index (χ2v) is 12.8. The Balaban J connectivity index is 1.13. The number of carbonyl (C=O) groups excluding carboxylic acids is 1. The molecule has 2 atom stereocenters. The first-order chi connectivity index (χ1) is 22.0. The highest BCUT2D eigenvalue weighted by Gasteiger charge is 2.40. The third-order valence-electron chi connectivity index (χ3n) is 9.97. The van der Waals surface area contributed by atoms with Gasteiger partial charge in [-0.15, -0.1) is 10.2 Å². The Morgan fingerprint density at radius 1 is 1.00 bits per heavy atom. The number of pyridine rings is 1. The van der Waals surface area contributed by atoms with Crippen molar-refractivity contribution in [1.82, 2.24) is 44.6 Å². The molecule has 2 saturated carbocycles. The van der Waals surface area contributed by atoms with Gasteiger partial charge < -0.3 is 18.8 Å². The summed E-state index contributed by atoms with van der Waals surface area (Å²) in [6.07, 6.45) is 5.91. The summed E-state index contributed by atoms with van der Waals surface area (Å²) in [4.78, 5) is 26.0. The number of likely N-dealkylation sites (tertiary alicyclic amines) is 1. The number of nitrogens with one attached hydrogen (secondary N) is 1. The molecule has 2 unspecified atom stereocenters. The van der Waals surface area contributed by atoms with Gasteiger partial charge in [-0.05, 0) is 79.5 Å². The van der Waals surface area contributed by atoms with Gasteiger partial charge in [0.25, 0.3) is 5.91 Å². The standard InChI is InChI=1S/C34H33N9O2/c1-41-30-27(14-24(16-29(30)45-2)34(44)42-18-20-5-11-25(42)13-20)36-33(41)28-15-23-10-12-26(35-32(23)43(28)17-19-3-4-19)21-6-8-22(9-7-21)31-37-39-40-38-31/h6-10,12,14-16,19-20,25H,3-5,11,13,17-18H2,1-2H3,(H,37,38,39,40). The number of rotatable bonds is 7. The van der Waals surface area contributed by atoms with Crippen molar-refractivity contribution in [2.45, 2.75) is 44.7 Å². The third kappa shape index (κ3) is 4.32. The summed E-state index contributed by atoms with van der Waals surface area (Å²) < 4.78 is 10.3. The third-order valence-corrected chi connectivity index (χ3v) is 9.97. The number of hydrogen-bond acceptors (Lipinski definition) is 7. The monoisotopic (exact) mass is 599 g/mol. The summed E-state index contributed by atoms with van der Waals surface area (Å²) in [7, 11) is 3.69. The molecule has 11 heteroatoms. The quantitative estimate of drug-likeness (QED) is 0.258. The minimum atomic E-state index is 0.0829. The van der Waals surface area contributed by atoms with E-state index in [9.17, 15) is 4.79 Å². The average Bonchev–Trinajstić information content (AvgIpc) is 3.57. The molecular weight excluding hydrogens is 566 g/mol. The molecule has 2 aliphatic carbocycles. The Bertz CT molecular complexity index is 2090. The first kappa shape index (κ1) is 26.4. The van der Waals surface area contributed by atoms with Crippen LogP contribution >= 0.6 is 0 Å². The molecule has 1 aliphatic heterocycles. The fourth-order valence-corrected chi connectivity index (χ4v) is 7.45. The summed E-state index contributed by atoms with van der Waals surface area (Å²) >= 11 is 0. The van der Waals surface area contributed by atoms with Gasteiger partial charge in [-0.3, -0.25) is 4.79 Å². The number of tetrazole rings is 1. The van der Waals surface area contributed by atoms with E-state index in [1.54, 1.807) is 7.11 Å². The molecule has 1 saturated heterocycles. The Hall–Kier alpha value is -5.06. The van der Waals surface area contributed by atoms with E-state index in [4.69, 9.17) is 14.7 Å². The van der Waals surface area contributed by atoms with E-state index in [0.29, 0.717) is 35.0 Å². The van der Waals surface area contributed by atoms with Crippen molar-refractivity contribution in [1.29, 1.82) is 0 Å². The lowest BCUT2D eigenvalue weighted by Gasteiger charge is -2.27. The highest BCUT2D eigenvalue weighted by Crippen LogP contribution is 2.40. The molecule has 0 radical (unpaired) electrons. The minimum absolute atomic E-state index is 0.0829. The van der Waals surface area contributed by atoms with Gasteiger partial charge >= 0.3 is 0 Å². The zero-order chi connectivity index (χ0) is 30.2. The number of aromatic amines is 1. The summed E-state index contributed by atoms with van der Waals surface area (Å²) in [5, 5.41) is 15.4. The van der Waals surface area contributed by atoms with Crippen molar-refractivity contribution in [3.8, 4) is 39.9 Å². The summed E-state index contributed by atoms with van der Waals surface area (Å²) in [6.45, 7) is 1.74. The van der Waals surface area contributed by atoms with Crippen molar-refractivity contribution in [3.05, 3.63) is 60.2 Å². The van der Waals surface area contributed by atoms with Crippen molar-refractivity contribution in [3.63, 3.8) is 0 Å². The number of piperidine rings is 1. The fraction of sp³-hybridized carbons (Fsp3) is 0.353. The Labute approximate surface area is 259 Å². The van der Waals surface area contributed by atoms with Crippen molar-refractivity contribution in [2.75, 3.05) is 13.7 Å². The molecule has 6 aromatic rings. The van der Waals surface area contributed by atoms with Crippen molar-refractivity contribution in [2.24, 2.45) is 18.9 Å². The molecule has 226 valence electrons. The Kier molecular flexibility index (Phi) is 5.84. The number of nitrogens with zero attached hydrogens (tertiary/aromatic N) is 8. The van der Waals surface area contributed by atoms with Crippen LogP contribution in [0.1, 0.15) is 42.5 Å². The Morgan fingerprint density at radius 3 is 2.56 bits per heavy atom. The van der Waals surface area contributed by atoms with Gasteiger partial charge in [-0.25, -0.2) is 9.97 Å². The van der Waals surface area contributed by atoms with Gasteiger partial charge in [0.15, 0.2) is 5.82 Å². The maximum absolute atomic E-state index is 13.7. The maximum atomic E-state index is 13.7. The summed E-state index contributed by atoms with van der Waals surface area (Å²) in [5.41, 5.74) is 7.04. The lowest BCUT2D eigenvalue weighted by atomic mass is 10.1.